The highest BCUT2D eigenvalue weighted by Crippen LogP contribution is 2.32. The van der Waals surface area contributed by atoms with Crippen molar-refractivity contribution in [1.29, 1.82) is 0 Å². The lowest BCUT2D eigenvalue weighted by molar-refractivity contribution is -0.144. The van der Waals surface area contributed by atoms with Gasteiger partial charge in [-0.3, -0.25) is 4.79 Å². The molecule has 0 bridgehead atoms. The molecule has 1 saturated carbocycles. The van der Waals surface area contributed by atoms with E-state index in [1.54, 1.807) is 29.5 Å². The maximum atomic E-state index is 13.5. The first kappa shape index (κ1) is 21.1. The first-order chi connectivity index (χ1) is 14.4. The summed E-state index contributed by atoms with van der Waals surface area (Å²) in [5, 5.41) is 13.0. The fraction of sp³-hybridized carbons (Fsp3) is 0.409. The lowest BCUT2D eigenvalue weighted by Crippen LogP contribution is -2.49. The Balaban J connectivity index is 1.68. The summed E-state index contributed by atoms with van der Waals surface area (Å²) in [6.07, 6.45) is 5.84. The number of sulfonamides is 1. The second-order valence-corrected chi connectivity index (χ2v) is 10.7. The average molecular weight is 448 g/mol. The highest BCUT2D eigenvalue weighted by atomic mass is 32.2. The minimum absolute atomic E-state index is 0.0799. The molecule has 2 heterocycles. The van der Waals surface area contributed by atoms with Gasteiger partial charge in [-0.2, -0.15) is 4.31 Å². The SMILES string of the molecule is O=C(O)[C@@H](C1CCCCC1)N(Cc1ccco1)S(=O)(=O)Cc1ccc2sccc2c1. The summed E-state index contributed by atoms with van der Waals surface area (Å²) in [6.45, 7) is -0.0799. The summed E-state index contributed by atoms with van der Waals surface area (Å²) in [7, 11) is -3.90. The van der Waals surface area contributed by atoms with Crippen molar-refractivity contribution in [1.82, 2.24) is 4.31 Å². The van der Waals surface area contributed by atoms with Crippen molar-refractivity contribution in [3.05, 3.63) is 59.4 Å². The number of hydrogen-bond acceptors (Lipinski definition) is 5. The molecular formula is C22H25NO5S2. The second-order valence-electron chi connectivity index (χ2n) is 7.85. The zero-order valence-electron chi connectivity index (χ0n) is 16.6. The number of fused-ring (bicyclic) bond motifs is 1. The number of nitrogens with zero attached hydrogens (tertiary/aromatic N) is 1. The van der Waals surface area contributed by atoms with Crippen LogP contribution in [-0.4, -0.2) is 29.8 Å². The summed E-state index contributed by atoms with van der Waals surface area (Å²) in [4.78, 5) is 12.3. The Morgan fingerprint density at radius 3 is 2.70 bits per heavy atom. The predicted molar refractivity (Wildman–Crippen MR) is 117 cm³/mol. The smallest absolute Gasteiger partial charge is 0.322 e. The van der Waals surface area contributed by atoms with E-state index in [1.807, 2.05) is 23.6 Å². The van der Waals surface area contributed by atoms with E-state index >= 15 is 0 Å². The van der Waals surface area contributed by atoms with Gasteiger partial charge >= 0.3 is 5.97 Å². The van der Waals surface area contributed by atoms with Crippen molar-refractivity contribution in [3.8, 4) is 0 Å². The maximum absolute atomic E-state index is 13.5. The van der Waals surface area contributed by atoms with Crippen molar-refractivity contribution in [2.24, 2.45) is 5.92 Å². The molecule has 0 aliphatic heterocycles. The van der Waals surface area contributed by atoms with E-state index in [-0.39, 0.29) is 18.2 Å². The summed E-state index contributed by atoms with van der Waals surface area (Å²) >= 11 is 1.60. The van der Waals surface area contributed by atoms with Gasteiger partial charge in [-0.25, -0.2) is 8.42 Å². The highest BCUT2D eigenvalue weighted by Gasteiger charge is 2.41. The number of aliphatic carboxylic acids is 1. The van der Waals surface area contributed by atoms with E-state index < -0.39 is 22.0 Å². The van der Waals surface area contributed by atoms with Gasteiger partial charge in [-0.1, -0.05) is 25.3 Å². The van der Waals surface area contributed by atoms with E-state index in [9.17, 15) is 18.3 Å². The van der Waals surface area contributed by atoms with Crippen molar-refractivity contribution < 1.29 is 22.7 Å². The number of carboxylic acids is 1. The fourth-order valence-corrected chi connectivity index (χ4v) is 6.80. The molecular weight excluding hydrogens is 422 g/mol. The summed E-state index contributed by atoms with van der Waals surface area (Å²) in [6, 6.07) is 9.81. The molecule has 30 heavy (non-hydrogen) atoms. The normalized spacial score (nSPS) is 16.8. The van der Waals surface area contributed by atoms with E-state index in [1.165, 1.54) is 6.26 Å². The predicted octanol–water partition coefficient (Wildman–Crippen LogP) is 4.86. The summed E-state index contributed by atoms with van der Waals surface area (Å²) < 4.78 is 34.6. The van der Waals surface area contributed by atoms with Crippen LogP contribution >= 0.6 is 11.3 Å². The molecule has 4 rings (SSSR count). The van der Waals surface area contributed by atoms with Crippen molar-refractivity contribution in [2.45, 2.75) is 50.4 Å². The molecule has 1 atom stereocenters. The third-order valence-corrected chi connectivity index (χ3v) is 8.44. The maximum Gasteiger partial charge on any atom is 0.322 e. The largest absolute Gasteiger partial charge is 0.480 e. The molecule has 6 nitrogen and oxygen atoms in total. The number of furan rings is 1. The molecule has 1 aliphatic rings. The van der Waals surface area contributed by atoms with E-state index in [0.717, 1.165) is 46.5 Å². The van der Waals surface area contributed by atoms with Crippen LogP contribution in [0.25, 0.3) is 10.1 Å². The van der Waals surface area contributed by atoms with Gasteiger partial charge in [-0.05, 0) is 65.4 Å². The molecule has 1 aliphatic carbocycles. The van der Waals surface area contributed by atoms with Crippen molar-refractivity contribution >= 4 is 37.4 Å². The Kier molecular flexibility index (Phi) is 6.26. The van der Waals surface area contributed by atoms with Crippen LogP contribution in [-0.2, 0) is 27.1 Å². The van der Waals surface area contributed by atoms with Gasteiger partial charge in [0, 0.05) is 4.70 Å². The molecule has 1 aromatic carbocycles. The van der Waals surface area contributed by atoms with E-state index in [2.05, 4.69) is 0 Å². The van der Waals surface area contributed by atoms with E-state index in [4.69, 9.17) is 4.42 Å². The van der Waals surface area contributed by atoms with Gasteiger partial charge < -0.3 is 9.52 Å². The Morgan fingerprint density at radius 2 is 2.00 bits per heavy atom. The third-order valence-electron chi connectivity index (χ3n) is 5.77. The Hall–Kier alpha value is -2.16. The molecule has 0 saturated heterocycles. The van der Waals surface area contributed by atoms with Gasteiger partial charge in [0.2, 0.25) is 10.0 Å². The topological polar surface area (TPSA) is 87.8 Å². The van der Waals surface area contributed by atoms with Crippen LogP contribution in [0.5, 0.6) is 0 Å². The molecule has 0 amide bonds. The molecule has 0 radical (unpaired) electrons. The van der Waals surface area contributed by atoms with Gasteiger partial charge in [0.25, 0.3) is 0 Å². The van der Waals surface area contributed by atoms with Crippen LogP contribution in [0.15, 0.2) is 52.5 Å². The molecule has 8 heteroatoms. The van der Waals surface area contributed by atoms with Crippen LogP contribution < -0.4 is 0 Å². The zero-order chi connectivity index (χ0) is 21.1. The van der Waals surface area contributed by atoms with Crippen molar-refractivity contribution in [2.75, 3.05) is 0 Å². The number of carbonyl (C=O) groups is 1. The molecule has 160 valence electrons. The van der Waals surface area contributed by atoms with Gasteiger partial charge in [0.1, 0.15) is 11.8 Å². The molecule has 3 aromatic rings. The van der Waals surface area contributed by atoms with Crippen LogP contribution in [0.1, 0.15) is 43.4 Å². The Labute approximate surface area is 180 Å². The molecule has 2 aromatic heterocycles. The van der Waals surface area contributed by atoms with Crippen molar-refractivity contribution in [3.63, 3.8) is 0 Å². The number of thiophene rings is 1. The Bertz CT molecular complexity index is 1100. The van der Waals surface area contributed by atoms with Crippen LogP contribution in [0.4, 0.5) is 0 Å². The zero-order valence-corrected chi connectivity index (χ0v) is 18.2. The van der Waals surface area contributed by atoms with Gasteiger partial charge in [0.05, 0.1) is 18.6 Å². The summed E-state index contributed by atoms with van der Waals surface area (Å²) in [5.41, 5.74) is 0.651. The molecule has 1 N–H and O–H groups in total. The number of carboxylic acid groups (broad SMARTS) is 1. The lowest BCUT2D eigenvalue weighted by Gasteiger charge is -2.35. The highest BCUT2D eigenvalue weighted by molar-refractivity contribution is 7.88. The first-order valence-electron chi connectivity index (χ1n) is 10.1. The van der Waals surface area contributed by atoms with Crippen LogP contribution in [0, 0.1) is 5.92 Å². The van der Waals surface area contributed by atoms with Gasteiger partial charge in [-0.15, -0.1) is 11.3 Å². The second kappa shape index (κ2) is 8.91. The Morgan fingerprint density at radius 1 is 1.20 bits per heavy atom. The monoisotopic (exact) mass is 447 g/mol. The average Bonchev–Trinajstić information content (AvgIpc) is 3.39. The van der Waals surface area contributed by atoms with Crippen LogP contribution in [0.2, 0.25) is 0 Å². The van der Waals surface area contributed by atoms with Gasteiger partial charge in [0.15, 0.2) is 0 Å². The quantitative estimate of drug-likeness (QED) is 0.533. The minimum atomic E-state index is -3.90. The first-order valence-corrected chi connectivity index (χ1v) is 12.6. The molecule has 0 unspecified atom stereocenters. The fourth-order valence-electron chi connectivity index (χ4n) is 4.34. The number of rotatable bonds is 8. The molecule has 0 spiro atoms. The molecule has 1 fully saturated rings. The number of benzene rings is 1. The van der Waals surface area contributed by atoms with Crippen LogP contribution in [0.3, 0.4) is 0 Å². The standard InChI is InChI=1S/C22H25NO5S2/c24-22(25)21(17-5-2-1-3-6-17)23(14-19-7-4-11-28-19)30(26,27)15-16-8-9-20-18(13-16)10-12-29-20/h4,7-13,17,21H,1-3,5-6,14-15H2,(H,24,25)/t21-/m1/s1. The summed E-state index contributed by atoms with van der Waals surface area (Å²) in [5.74, 6) is -1.09. The minimum Gasteiger partial charge on any atom is -0.480 e. The van der Waals surface area contributed by atoms with E-state index in [0.29, 0.717) is 11.3 Å². The number of hydrogen-bond donors (Lipinski definition) is 1. The lowest BCUT2D eigenvalue weighted by atomic mass is 9.84. The third kappa shape index (κ3) is 4.61.